The summed E-state index contributed by atoms with van der Waals surface area (Å²) in [5, 5.41) is 0. The quantitative estimate of drug-likeness (QED) is 0.130. The van der Waals surface area contributed by atoms with Gasteiger partial charge in [-0.05, 0) is 26.2 Å². The molecule has 1 rings (SSSR count). The number of hydrogen-bond donors (Lipinski definition) is 0. The summed E-state index contributed by atoms with van der Waals surface area (Å²) < 4.78 is 16.1. The molecule has 2 atom stereocenters. The van der Waals surface area contributed by atoms with Gasteiger partial charge < -0.3 is 14.2 Å². The van der Waals surface area contributed by atoms with E-state index >= 15 is 0 Å². The molecule has 194 valence electrons. The van der Waals surface area contributed by atoms with Crippen LogP contribution in [0.1, 0.15) is 129 Å². The number of hydrogen-bond acceptors (Lipinski definition) is 5. The average molecular weight is 469 g/mol. The molecule has 1 fully saturated rings. The molecule has 0 N–H and O–H groups in total. The SMILES string of the molecule is CCCCCCCCCCCCCCCCOC(=O)C1CCCCC1C(=O)OCCOCC. The molecular weight excluding hydrogens is 416 g/mol. The summed E-state index contributed by atoms with van der Waals surface area (Å²) in [5.74, 6) is -1.18. The van der Waals surface area contributed by atoms with Crippen LogP contribution >= 0.6 is 0 Å². The predicted molar refractivity (Wildman–Crippen MR) is 134 cm³/mol. The van der Waals surface area contributed by atoms with Gasteiger partial charge in [0, 0.05) is 6.61 Å². The molecule has 5 nitrogen and oxygen atoms in total. The van der Waals surface area contributed by atoms with Crippen molar-refractivity contribution in [1.82, 2.24) is 0 Å². The summed E-state index contributed by atoms with van der Waals surface area (Å²) in [6.07, 6.45) is 21.7. The summed E-state index contributed by atoms with van der Waals surface area (Å²) in [5.41, 5.74) is 0. The van der Waals surface area contributed by atoms with E-state index in [1.54, 1.807) is 0 Å². The molecule has 0 aromatic carbocycles. The smallest absolute Gasteiger partial charge is 0.309 e. The molecule has 0 amide bonds. The van der Waals surface area contributed by atoms with Gasteiger partial charge in [-0.2, -0.15) is 0 Å². The van der Waals surface area contributed by atoms with Crippen molar-refractivity contribution in [2.45, 2.75) is 129 Å². The number of carbonyl (C=O) groups is 2. The molecule has 0 heterocycles. The van der Waals surface area contributed by atoms with E-state index in [1.807, 2.05) is 6.92 Å². The minimum atomic E-state index is -0.357. The zero-order valence-corrected chi connectivity index (χ0v) is 21.8. The van der Waals surface area contributed by atoms with Crippen LogP contribution in [0.2, 0.25) is 0 Å². The lowest BCUT2D eigenvalue weighted by molar-refractivity contribution is -0.163. The van der Waals surface area contributed by atoms with Gasteiger partial charge in [0.1, 0.15) is 6.61 Å². The van der Waals surface area contributed by atoms with Gasteiger partial charge in [-0.15, -0.1) is 0 Å². The Hall–Kier alpha value is -1.10. The van der Waals surface area contributed by atoms with Gasteiger partial charge in [0.15, 0.2) is 0 Å². The molecule has 1 aliphatic rings. The monoisotopic (exact) mass is 468 g/mol. The third-order valence-corrected chi connectivity index (χ3v) is 6.79. The molecule has 0 bridgehead atoms. The van der Waals surface area contributed by atoms with E-state index in [9.17, 15) is 9.59 Å². The van der Waals surface area contributed by atoms with Crippen LogP contribution < -0.4 is 0 Å². The number of ether oxygens (including phenoxy) is 3. The van der Waals surface area contributed by atoms with Gasteiger partial charge in [-0.3, -0.25) is 9.59 Å². The maximum atomic E-state index is 12.6. The van der Waals surface area contributed by atoms with Crippen molar-refractivity contribution in [2.75, 3.05) is 26.4 Å². The third kappa shape index (κ3) is 15.4. The second-order valence-electron chi connectivity index (χ2n) is 9.63. The molecule has 0 aromatic rings. The van der Waals surface area contributed by atoms with E-state index in [0.717, 1.165) is 32.1 Å². The van der Waals surface area contributed by atoms with Gasteiger partial charge in [-0.1, -0.05) is 103 Å². The first-order chi connectivity index (χ1) is 16.2. The summed E-state index contributed by atoms with van der Waals surface area (Å²) in [6, 6.07) is 0. The summed E-state index contributed by atoms with van der Waals surface area (Å²) in [7, 11) is 0. The molecule has 0 saturated heterocycles. The molecule has 33 heavy (non-hydrogen) atoms. The molecule has 2 unspecified atom stereocenters. The number of esters is 2. The Balaban J connectivity index is 2.01. The van der Waals surface area contributed by atoms with Crippen molar-refractivity contribution in [3.8, 4) is 0 Å². The van der Waals surface area contributed by atoms with E-state index in [0.29, 0.717) is 26.2 Å². The first-order valence-corrected chi connectivity index (χ1v) is 14.1. The number of unbranched alkanes of at least 4 members (excludes halogenated alkanes) is 13. The van der Waals surface area contributed by atoms with Gasteiger partial charge >= 0.3 is 11.9 Å². The van der Waals surface area contributed by atoms with Crippen LogP contribution in [0.15, 0.2) is 0 Å². The standard InChI is InChI=1S/C28H52O5/c1-3-5-6-7-8-9-10-11-12-13-14-15-16-19-22-32-27(29)25-20-17-18-21-26(25)28(30)33-24-23-31-4-2/h25-26H,3-24H2,1-2H3. The number of carbonyl (C=O) groups excluding carboxylic acids is 2. The van der Waals surface area contributed by atoms with E-state index < -0.39 is 0 Å². The van der Waals surface area contributed by atoms with Crippen LogP contribution in [0.3, 0.4) is 0 Å². The summed E-state index contributed by atoms with van der Waals surface area (Å²) in [4.78, 5) is 25.0. The highest BCUT2D eigenvalue weighted by molar-refractivity contribution is 5.82. The maximum absolute atomic E-state index is 12.6. The lowest BCUT2D eigenvalue weighted by Gasteiger charge is -2.28. The van der Waals surface area contributed by atoms with Crippen molar-refractivity contribution in [3.05, 3.63) is 0 Å². The van der Waals surface area contributed by atoms with Gasteiger partial charge in [0.05, 0.1) is 25.0 Å². The Bertz CT molecular complexity index is 479. The largest absolute Gasteiger partial charge is 0.465 e. The fraction of sp³-hybridized carbons (Fsp3) is 0.929. The third-order valence-electron chi connectivity index (χ3n) is 6.79. The zero-order chi connectivity index (χ0) is 24.0. The molecule has 1 aliphatic carbocycles. The predicted octanol–water partition coefficient (Wildman–Crippen LogP) is 7.40. The second kappa shape index (κ2) is 21.4. The van der Waals surface area contributed by atoms with E-state index in [-0.39, 0.29) is 30.4 Å². The maximum Gasteiger partial charge on any atom is 0.309 e. The van der Waals surface area contributed by atoms with E-state index in [1.165, 1.54) is 77.0 Å². The molecule has 0 aliphatic heterocycles. The molecular formula is C28H52O5. The Morgan fingerprint density at radius 2 is 1.00 bits per heavy atom. The molecule has 0 spiro atoms. The molecule has 1 saturated carbocycles. The van der Waals surface area contributed by atoms with Crippen molar-refractivity contribution < 1.29 is 23.8 Å². The molecule has 0 radical (unpaired) electrons. The minimum Gasteiger partial charge on any atom is -0.465 e. The minimum absolute atomic E-state index is 0.212. The lowest BCUT2D eigenvalue weighted by atomic mass is 9.79. The first kappa shape index (κ1) is 29.9. The Morgan fingerprint density at radius 1 is 0.576 bits per heavy atom. The fourth-order valence-corrected chi connectivity index (χ4v) is 4.72. The summed E-state index contributed by atoms with van der Waals surface area (Å²) in [6.45, 7) is 5.92. The second-order valence-corrected chi connectivity index (χ2v) is 9.63. The topological polar surface area (TPSA) is 61.8 Å². The highest BCUT2D eigenvalue weighted by atomic mass is 16.6. The Kier molecular flexibility index (Phi) is 19.4. The van der Waals surface area contributed by atoms with Crippen LogP contribution in [-0.2, 0) is 23.8 Å². The fourth-order valence-electron chi connectivity index (χ4n) is 4.72. The molecule has 5 heteroatoms. The van der Waals surface area contributed by atoms with E-state index in [4.69, 9.17) is 14.2 Å². The summed E-state index contributed by atoms with van der Waals surface area (Å²) >= 11 is 0. The van der Waals surface area contributed by atoms with Gasteiger partial charge in [0.25, 0.3) is 0 Å². The van der Waals surface area contributed by atoms with E-state index in [2.05, 4.69) is 6.92 Å². The van der Waals surface area contributed by atoms with Crippen LogP contribution in [-0.4, -0.2) is 38.4 Å². The zero-order valence-electron chi connectivity index (χ0n) is 21.8. The number of rotatable bonds is 21. The van der Waals surface area contributed by atoms with Crippen LogP contribution in [0.4, 0.5) is 0 Å². The van der Waals surface area contributed by atoms with Crippen LogP contribution in [0.25, 0.3) is 0 Å². The van der Waals surface area contributed by atoms with Crippen molar-refractivity contribution >= 4 is 11.9 Å². The van der Waals surface area contributed by atoms with Gasteiger partial charge in [0.2, 0.25) is 0 Å². The highest BCUT2D eigenvalue weighted by Crippen LogP contribution is 2.32. The Labute approximate surface area is 203 Å². The molecule has 0 aromatic heterocycles. The van der Waals surface area contributed by atoms with Crippen LogP contribution in [0.5, 0.6) is 0 Å². The van der Waals surface area contributed by atoms with Crippen molar-refractivity contribution in [2.24, 2.45) is 11.8 Å². The Morgan fingerprint density at radius 3 is 1.45 bits per heavy atom. The van der Waals surface area contributed by atoms with Crippen molar-refractivity contribution in [3.63, 3.8) is 0 Å². The highest BCUT2D eigenvalue weighted by Gasteiger charge is 2.37. The van der Waals surface area contributed by atoms with Gasteiger partial charge in [-0.25, -0.2) is 0 Å². The first-order valence-electron chi connectivity index (χ1n) is 14.1. The van der Waals surface area contributed by atoms with Crippen LogP contribution in [0, 0.1) is 11.8 Å². The lowest BCUT2D eigenvalue weighted by Crippen LogP contribution is -2.35. The van der Waals surface area contributed by atoms with Crippen molar-refractivity contribution in [1.29, 1.82) is 0 Å². The normalized spacial score (nSPS) is 18.2. The average Bonchev–Trinajstić information content (AvgIpc) is 2.84.